The van der Waals surface area contributed by atoms with Crippen LogP contribution in [0.5, 0.6) is 0 Å². The van der Waals surface area contributed by atoms with Crippen molar-refractivity contribution in [3.63, 3.8) is 0 Å². The van der Waals surface area contributed by atoms with Gasteiger partial charge >= 0.3 is 0 Å². The van der Waals surface area contributed by atoms with Crippen LogP contribution in [0.3, 0.4) is 0 Å². The molecule has 2 rings (SSSR count). The topological polar surface area (TPSA) is 0 Å². The average molecular weight is 126 g/mol. The minimum Gasteiger partial charge on any atom is -0.0604 e. The van der Waals surface area contributed by atoms with Crippen LogP contribution >= 0.6 is 0 Å². The Hall–Kier alpha value is 0. The zero-order valence-electron chi connectivity index (χ0n) is 7.07. The monoisotopic (exact) mass is 126 g/mol. The summed E-state index contributed by atoms with van der Waals surface area (Å²) in [6, 6.07) is 0. The molecule has 0 radical (unpaired) electrons. The van der Waals surface area contributed by atoms with Gasteiger partial charge in [-0.1, -0.05) is 27.7 Å². The van der Waals surface area contributed by atoms with E-state index in [1.807, 2.05) is 0 Å². The van der Waals surface area contributed by atoms with Crippen LogP contribution in [0.1, 0.15) is 40.5 Å². The molecule has 2 aliphatic rings. The van der Waals surface area contributed by atoms with E-state index in [-0.39, 0.29) is 0 Å². The Morgan fingerprint density at radius 1 is 0.889 bits per heavy atom. The Kier molecular flexibility index (Phi) is 1.58. The molecular formula is C9H18. The Labute approximate surface area is 58.7 Å². The molecule has 0 bridgehead atoms. The minimum atomic E-state index is 0.500. The van der Waals surface area contributed by atoms with Crippen molar-refractivity contribution in [1.82, 2.24) is 0 Å². The van der Waals surface area contributed by atoms with Crippen LogP contribution in [0.25, 0.3) is 0 Å². The van der Waals surface area contributed by atoms with Gasteiger partial charge in [0.1, 0.15) is 0 Å². The van der Waals surface area contributed by atoms with Gasteiger partial charge in [0, 0.05) is 0 Å². The van der Waals surface area contributed by atoms with Crippen LogP contribution in [-0.4, -0.2) is 0 Å². The summed E-state index contributed by atoms with van der Waals surface area (Å²) in [5, 5.41) is 0. The van der Waals surface area contributed by atoms with E-state index >= 15 is 0 Å². The van der Waals surface area contributed by atoms with Crippen molar-refractivity contribution < 1.29 is 0 Å². The molecule has 9 heavy (non-hydrogen) atoms. The lowest BCUT2D eigenvalue weighted by atomic mass is 10.0. The molecule has 0 saturated heterocycles. The summed E-state index contributed by atoms with van der Waals surface area (Å²) in [6.45, 7) is 8.75. The fourth-order valence-corrected chi connectivity index (χ4v) is 0.552. The van der Waals surface area contributed by atoms with E-state index in [9.17, 15) is 0 Å². The number of fused-ring (bicyclic) bond motifs is 1. The maximum absolute atomic E-state index is 2.19. The quantitative estimate of drug-likeness (QED) is 0.468. The molecule has 0 aromatic rings. The maximum Gasteiger partial charge on any atom is -0.0380 e. The molecule has 0 unspecified atom stereocenters. The van der Waals surface area contributed by atoms with E-state index < -0.39 is 0 Å². The van der Waals surface area contributed by atoms with E-state index in [2.05, 4.69) is 27.7 Å². The molecule has 0 atom stereocenters. The fraction of sp³-hybridized carbons (Fsp3) is 1.00. The van der Waals surface area contributed by atoms with Gasteiger partial charge in [0.05, 0.1) is 0 Å². The lowest BCUT2D eigenvalue weighted by Gasteiger charge is -2.05. The summed E-state index contributed by atoms with van der Waals surface area (Å²) >= 11 is 0. The highest BCUT2D eigenvalue weighted by atomic mass is 14.6. The molecule has 0 amide bonds. The van der Waals surface area contributed by atoms with Crippen molar-refractivity contribution in [2.45, 2.75) is 40.5 Å². The standard InChI is InChI=1S/C5H12.C4H6/c1-5(2,3)4;1-3-2-4(1)3/h1-4H3;3-4H,1-2H2. The highest BCUT2D eigenvalue weighted by molar-refractivity contribution is 5.02. The molecule has 0 heteroatoms. The van der Waals surface area contributed by atoms with Crippen LogP contribution < -0.4 is 0 Å². The van der Waals surface area contributed by atoms with Gasteiger partial charge < -0.3 is 0 Å². The Bertz CT molecular complexity index is 79.1. The molecule has 2 saturated carbocycles. The zero-order chi connectivity index (χ0) is 7.07. The molecule has 0 spiro atoms. The summed E-state index contributed by atoms with van der Waals surface area (Å²) in [6.07, 6.45) is 3.17. The van der Waals surface area contributed by atoms with E-state index in [0.717, 1.165) is 0 Å². The van der Waals surface area contributed by atoms with Crippen LogP contribution in [0, 0.1) is 17.3 Å². The first kappa shape index (κ1) is 7.11. The van der Waals surface area contributed by atoms with Crippen molar-refractivity contribution in [1.29, 1.82) is 0 Å². The third kappa shape index (κ3) is 4.50. The second-order valence-electron chi connectivity index (χ2n) is 4.99. The van der Waals surface area contributed by atoms with Gasteiger partial charge in [-0.3, -0.25) is 0 Å². The molecule has 0 heterocycles. The second-order valence-corrected chi connectivity index (χ2v) is 4.99. The highest BCUT2D eigenvalue weighted by Crippen LogP contribution is 2.62. The zero-order valence-corrected chi connectivity index (χ0v) is 7.07. The summed E-state index contributed by atoms with van der Waals surface area (Å²) in [7, 11) is 0. The molecule has 0 aliphatic heterocycles. The predicted molar refractivity (Wildman–Crippen MR) is 41.3 cm³/mol. The number of rotatable bonds is 0. The maximum atomic E-state index is 2.19. The predicted octanol–water partition coefficient (Wildman–Crippen LogP) is 3.08. The molecule has 2 aliphatic carbocycles. The van der Waals surface area contributed by atoms with Gasteiger partial charge in [-0.05, 0) is 30.1 Å². The molecule has 54 valence electrons. The van der Waals surface area contributed by atoms with Gasteiger partial charge in [-0.2, -0.15) is 0 Å². The first-order chi connectivity index (χ1) is 3.97. The molecular weight excluding hydrogens is 108 g/mol. The SMILES string of the molecule is C1C2CC12.CC(C)(C)C. The van der Waals surface area contributed by atoms with Gasteiger partial charge in [0.2, 0.25) is 0 Å². The lowest BCUT2D eigenvalue weighted by molar-refractivity contribution is 0.469. The Morgan fingerprint density at radius 2 is 1.00 bits per heavy atom. The highest BCUT2D eigenvalue weighted by Gasteiger charge is 2.52. The molecule has 0 aromatic heterocycles. The van der Waals surface area contributed by atoms with E-state index in [0.29, 0.717) is 5.41 Å². The van der Waals surface area contributed by atoms with Gasteiger partial charge in [0.25, 0.3) is 0 Å². The van der Waals surface area contributed by atoms with Crippen molar-refractivity contribution in [2.75, 3.05) is 0 Å². The van der Waals surface area contributed by atoms with Crippen LogP contribution in [-0.2, 0) is 0 Å². The van der Waals surface area contributed by atoms with Crippen molar-refractivity contribution in [3.8, 4) is 0 Å². The first-order valence-electron chi connectivity index (χ1n) is 3.97. The van der Waals surface area contributed by atoms with E-state index in [4.69, 9.17) is 0 Å². The third-order valence-corrected chi connectivity index (χ3v) is 1.47. The van der Waals surface area contributed by atoms with Crippen LogP contribution in [0.15, 0.2) is 0 Å². The molecule has 0 N–H and O–H groups in total. The summed E-state index contributed by atoms with van der Waals surface area (Å²) in [5.74, 6) is 2.50. The lowest BCUT2D eigenvalue weighted by Crippen LogP contribution is -1.93. The van der Waals surface area contributed by atoms with Crippen LogP contribution in [0.4, 0.5) is 0 Å². The summed E-state index contributed by atoms with van der Waals surface area (Å²) in [4.78, 5) is 0. The largest absolute Gasteiger partial charge is 0.0604 e. The number of hydrogen-bond donors (Lipinski definition) is 0. The smallest absolute Gasteiger partial charge is 0.0380 e. The summed E-state index contributed by atoms with van der Waals surface area (Å²) < 4.78 is 0. The third-order valence-electron chi connectivity index (χ3n) is 1.47. The average Bonchev–Trinajstić information content (AvgIpc) is 1.90. The first-order valence-corrected chi connectivity index (χ1v) is 3.97. The van der Waals surface area contributed by atoms with Crippen molar-refractivity contribution in [2.24, 2.45) is 17.3 Å². The Morgan fingerprint density at radius 3 is 1.00 bits per heavy atom. The van der Waals surface area contributed by atoms with E-state index in [1.54, 1.807) is 12.8 Å². The number of hydrogen-bond acceptors (Lipinski definition) is 0. The fourth-order valence-electron chi connectivity index (χ4n) is 0.552. The summed E-state index contributed by atoms with van der Waals surface area (Å²) in [5.41, 5.74) is 0.500. The van der Waals surface area contributed by atoms with E-state index in [1.165, 1.54) is 11.8 Å². The Balaban J connectivity index is 0.0000000900. The normalized spacial score (nSPS) is 36.0. The van der Waals surface area contributed by atoms with Gasteiger partial charge in [0.15, 0.2) is 0 Å². The van der Waals surface area contributed by atoms with Crippen molar-refractivity contribution in [3.05, 3.63) is 0 Å². The van der Waals surface area contributed by atoms with Crippen molar-refractivity contribution >= 4 is 0 Å². The van der Waals surface area contributed by atoms with Gasteiger partial charge in [-0.15, -0.1) is 0 Å². The molecule has 2 fully saturated rings. The van der Waals surface area contributed by atoms with Crippen LogP contribution in [0.2, 0.25) is 0 Å². The molecule has 0 aromatic carbocycles. The molecule has 0 nitrogen and oxygen atoms in total. The van der Waals surface area contributed by atoms with Gasteiger partial charge in [-0.25, -0.2) is 0 Å². The second kappa shape index (κ2) is 2.00. The minimum absolute atomic E-state index is 0.500.